The Balaban J connectivity index is 1.53. The van der Waals surface area contributed by atoms with Crippen molar-refractivity contribution in [2.24, 2.45) is 5.41 Å². The molecule has 1 saturated carbocycles. The van der Waals surface area contributed by atoms with Gasteiger partial charge >= 0.3 is 0 Å². The summed E-state index contributed by atoms with van der Waals surface area (Å²) in [6, 6.07) is 7.81. The van der Waals surface area contributed by atoms with E-state index in [9.17, 15) is 4.39 Å². The molecule has 2 aromatic rings. The van der Waals surface area contributed by atoms with Gasteiger partial charge in [0.15, 0.2) is 0 Å². The van der Waals surface area contributed by atoms with E-state index in [0.29, 0.717) is 47.7 Å². The molecule has 0 radical (unpaired) electrons. The average molecular weight is 409 g/mol. The quantitative estimate of drug-likeness (QED) is 0.542. The van der Waals surface area contributed by atoms with Crippen molar-refractivity contribution >= 4 is 17.2 Å². The van der Waals surface area contributed by atoms with Gasteiger partial charge in [-0.1, -0.05) is 19.6 Å². The molecule has 0 amide bonds. The Labute approximate surface area is 177 Å². The molecule has 0 unspecified atom stereocenters. The minimum absolute atomic E-state index is 0.300. The molecule has 3 N–H and O–H groups in total. The molecule has 1 aromatic carbocycles. The molecule has 158 valence electrons. The molecule has 2 heterocycles. The van der Waals surface area contributed by atoms with Crippen molar-refractivity contribution in [3.8, 4) is 0 Å². The number of halogens is 1. The van der Waals surface area contributed by atoms with Crippen LogP contribution in [0.3, 0.4) is 0 Å². The van der Waals surface area contributed by atoms with Crippen LogP contribution in [-0.2, 0) is 6.42 Å². The molecule has 1 saturated heterocycles. The van der Waals surface area contributed by atoms with Gasteiger partial charge in [-0.05, 0) is 42.4 Å². The summed E-state index contributed by atoms with van der Waals surface area (Å²) in [6.07, 6.45) is 5.00. The summed E-state index contributed by atoms with van der Waals surface area (Å²) in [6.45, 7) is 8.36. The Morgan fingerprint density at radius 2 is 2.07 bits per heavy atom. The smallest absolute Gasteiger partial charge is 0.133 e. The summed E-state index contributed by atoms with van der Waals surface area (Å²) in [5.41, 5.74) is 10.8. The molecule has 2 fully saturated rings. The number of benzene rings is 1. The molecule has 4 rings (SSSR count). The summed E-state index contributed by atoms with van der Waals surface area (Å²) in [4.78, 5) is 12.8. The second kappa shape index (κ2) is 8.05. The van der Waals surface area contributed by atoms with Crippen LogP contribution in [0.25, 0.3) is 0 Å². The van der Waals surface area contributed by atoms with Gasteiger partial charge in [-0.25, -0.2) is 14.4 Å². The van der Waals surface area contributed by atoms with Crippen molar-refractivity contribution in [2.75, 3.05) is 43.5 Å². The first-order chi connectivity index (χ1) is 14.4. The van der Waals surface area contributed by atoms with Crippen molar-refractivity contribution in [3.63, 3.8) is 0 Å². The Morgan fingerprint density at radius 3 is 2.77 bits per heavy atom. The lowest BCUT2D eigenvalue weighted by Crippen LogP contribution is -2.45. The summed E-state index contributed by atoms with van der Waals surface area (Å²) < 4.78 is 12.7. The predicted octanol–water partition coefficient (Wildman–Crippen LogP) is 3.42. The van der Waals surface area contributed by atoms with Crippen LogP contribution < -0.4 is 10.6 Å². The molecular formula is C23H29FN6. The van der Waals surface area contributed by atoms with Crippen LogP contribution >= 0.6 is 0 Å². The van der Waals surface area contributed by atoms with Gasteiger partial charge in [0.25, 0.3) is 0 Å². The zero-order chi connectivity index (χ0) is 21.3. The van der Waals surface area contributed by atoms with E-state index in [2.05, 4.69) is 34.4 Å². The molecular weight excluding hydrogens is 379 g/mol. The molecule has 0 atom stereocenters. The number of piperazine rings is 1. The van der Waals surface area contributed by atoms with Gasteiger partial charge in [0.1, 0.15) is 18.8 Å². The van der Waals surface area contributed by atoms with Crippen molar-refractivity contribution in [2.45, 2.75) is 26.2 Å². The Bertz CT molecular complexity index is 968. The standard InChI is InChI=1S/C23H29FN6/c1-16-14-30(10-9-29(16)8-7-24)21-12-20(27-15-28-21)22(26)18-11-17(3-4-19(18)25)13-23(2)5-6-23/h3-4,11-12,15,26H,1,5-10,13-14,25H2,2H3. The second-order valence-corrected chi connectivity index (χ2v) is 8.71. The summed E-state index contributed by atoms with van der Waals surface area (Å²) in [5, 5.41) is 8.74. The van der Waals surface area contributed by atoms with Gasteiger partial charge in [0, 0.05) is 42.6 Å². The van der Waals surface area contributed by atoms with E-state index in [1.807, 2.05) is 23.1 Å². The average Bonchev–Trinajstić information content (AvgIpc) is 3.47. The third-order valence-electron chi connectivity index (χ3n) is 6.17. The lowest BCUT2D eigenvalue weighted by molar-refractivity contribution is 0.286. The number of nitrogens with two attached hydrogens (primary N) is 1. The number of aromatic nitrogens is 2. The van der Waals surface area contributed by atoms with E-state index in [1.165, 1.54) is 24.7 Å². The fraction of sp³-hybridized carbons (Fsp3) is 0.435. The molecule has 0 spiro atoms. The molecule has 1 aromatic heterocycles. The highest BCUT2D eigenvalue weighted by molar-refractivity contribution is 6.13. The number of anilines is 2. The van der Waals surface area contributed by atoms with Gasteiger partial charge in [-0.15, -0.1) is 0 Å². The van der Waals surface area contributed by atoms with E-state index in [4.69, 9.17) is 11.1 Å². The van der Waals surface area contributed by atoms with Gasteiger partial charge < -0.3 is 15.5 Å². The second-order valence-electron chi connectivity index (χ2n) is 8.71. The van der Waals surface area contributed by atoms with E-state index in [1.54, 1.807) is 0 Å². The zero-order valence-corrected chi connectivity index (χ0v) is 17.5. The minimum atomic E-state index is -0.381. The Hall–Kier alpha value is -2.96. The summed E-state index contributed by atoms with van der Waals surface area (Å²) in [7, 11) is 0. The first-order valence-corrected chi connectivity index (χ1v) is 10.4. The number of hydrogen-bond donors (Lipinski definition) is 2. The highest BCUT2D eigenvalue weighted by atomic mass is 19.1. The topological polar surface area (TPSA) is 82.1 Å². The molecule has 30 heavy (non-hydrogen) atoms. The van der Waals surface area contributed by atoms with Crippen LogP contribution in [0.1, 0.15) is 36.6 Å². The minimum Gasteiger partial charge on any atom is -0.398 e. The third-order valence-corrected chi connectivity index (χ3v) is 6.17. The van der Waals surface area contributed by atoms with Crippen LogP contribution in [0.4, 0.5) is 15.9 Å². The van der Waals surface area contributed by atoms with Gasteiger partial charge in [-0.2, -0.15) is 0 Å². The van der Waals surface area contributed by atoms with Crippen molar-refractivity contribution < 1.29 is 4.39 Å². The van der Waals surface area contributed by atoms with Crippen LogP contribution in [0.2, 0.25) is 0 Å². The molecule has 0 bridgehead atoms. The molecule has 7 heteroatoms. The maximum Gasteiger partial charge on any atom is 0.133 e. The van der Waals surface area contributed by atoms with E-state index < -0.39 is 0 Å². The number of rotatable bonds is 7. The lowest BCUT2D eigenvalue weighted by Gasteiger charge is -2.37. The largest absolute Gasteiger partial charge is 0.398 e. The highest BCUT2D eigenvalue weighted by Crippen LogP contribution is 2.47. The summed E-state index contributed by atoms with van der Waals surface area (Å²) in [5.74, 6) is 0.742. The predicted molar refractivity (Wildman–Crippen MR) is 119 cm³/mol. The first-order valence-electron chi connectivity index (χ1n) is 10.4. The van der Waals surface area contributed by atoms with Crippen LogP contribution in [0.15, 0.2) is 42.9 Å². The normalized spacial score (nSPS) is 17.9. The maximum atomic E-state index is 12.7. The number of nitrogen functional groups attached to an aromatic ring is 1. The van der Waals surface area contributed by atoms with Crippen molar-refractivity contribution in [1.29, 1.82) is 5.41 Å². The Kier molecular flexibility index (Phi) is 5.45. The molecule has 2 aliphatic rings. The van der Waals surface area contributed by atoms with Crippen LogP contribution in [0.5, 0.6) is 0 Å². The fourth-order valence-corrected chi connectivity index (χ4v) is 3.97. The Morgan fingerprint density at radius 1 is 1.27 bits per heavy atom. The molecule has 6 nitrogen and oxygen atoms in total. The summed E-state index contributed by atoms with van der Waals surface area (Å²) >= 11 is 0. The lowest BCUT2D eigenvalue weighted by atomic mass is 9.95. The maximum absolute atomic E-state index is 12.7. The monoisotopic (exact) mass is 408 g/mol. The van der Waals surface area contributed by atoms with Crippen molar-refractivity contribution in [1.82, 2.24) is 14.9 Å². The van der Waals surface area contributed by atoms with E-state index >= 15 is 0 Å². The zero-order valence-electron chi connectivity index (χ0n) is 17.5. The number of nitrogens with zero attached hydrogens (tertiary/aromatic N) is 4. The van der Waals surface area contributed by atoms with Gasteiger partial charge in [0.05, 0.1) is 18.0 Å². The third kappa shape index (κ3) is 4.30. The highest BCUT2D eigenvalue weighted by Gasteiger charge is 2.37. The number of alkyl halides is 1. The van der Waals surface area contributed by atoms with Gasteiger partial charge in [-0.3, -0.25) is 5.41 Å². The first kappa shape index (κ1) is 20.3. The number of nitrogens with one attached hydrogen (secondary N) is 1. The molecule has 1 aliphatic heterocycles. The fourth-order valence-electron chi connectivity index (χ4n) is 3.97. The van der Waals surface area contributed by atoms with E-state index in [0.717, 1.165) is 24.5 Å². The van der Waals surface area contributed by atoms with Crippen molar-refractivity contribution in [3.05, 3.63) is 59.7 Å². The van der Waals surface area contributed by atoms with Gasteiger partial charge in [0.2, 0.25) is 0 Å². The molecule has 1 aliphatic carbocycles. The SMILES string of the molecule is C=C1CN(c2cc(C(=N)c3cc(CC4(C)CC4)ccc3N)ncn2)CCN1CCF. The van der Waals surface area contributed by atoms with Crippen LogP contribution in [-0.4, -0.2) is 53.4 Å². The number of hydrogen-bond acceptors (Lipinski definition) is 6. The van der Waals surface area contributed by atoms with Crippen LogP contribution in [0, 0.1) is 10.8 Å². The van der Waals surface area contributed by atoms with E-state index in [-0.39, 0.29) is 6.67 Å².